The summed E-state index contributed by atoms with van der Waals surface area (Å²) in [4.78, 5) is 10.6. The molecule has 0 saturated heterocycles. The van der Waals surface area contributed by atoms with E-state index in [0.717, 1.165) is 22.4 Å². The second-order valence-corrected chi connectivity index (χ2v) is 11.1. The highest BCUT2D eigenvalue weighted by Gasteiger charge is 2.18. The zero-order valence-corrected chi connectivity index (χ0v) is 22.0. The third kappa shape index (κ3) is 7.27. The van der Waals surface area contributed by atoms with E-state index in [-0.39, 0.29) is 30.7 Å². The van der Waals surface area contributed by atoms with E-state index in [2.05, 4.69) is 34.1 Å². The zero-order valence-electron chi connectivity index (χ0n) is 21.2. The van der Waals surface area contributed by atoms with Gasteiger partial charge >= 0.3 is 5.97 Å². The first kappa shape index (κ1) is 27.0. The number of carboxylic acids is 1. The van der Waals surface area contributed by atoms with E-state index in [1.54, 1.807) is 12.1 Å². The maximum absolute atomic E-state index is 12.2. The molecule has 10 heteroatoms. The number of aliphatic carboxylic acids is 1. The van der Waals surface area contributed by atoms with E-state index >= 15 is 0 Å². The van der Waals surface area contributed by atoms with Crippen LogP contribution in [0.4, 0.5) is 5.69 Å². The van der Waals surface area contributed by atoms with Gasteiger partial charge in [0.25, 0.3) is 0 Å². The predicted octanol–water partition coefficient (Wildman–Crippen LogP) is 5.11. The first-order valence-corrected chi connectivity index (χ1v) is 13.9. The summed E-state index contributed by atoms with van der Waals surface area (Å²) in [6.45, 7) is 4.09. The van der Waals surface area contributed by atoms with Crippen LogP contribution in [0.2, 0.25) is 0 Å². The zero-order chi connectivity index (χ0) is 27.1. The van der Waals surface area contributed by atoms with Gasteiger partial charge in [0.1, 0.15) is 0 Å². The Morgan fingerprint density at radius 1 is 0.895 bits per heavy atom. The smallest absolute Gasteiger partial charge is 0.304 e. The van der Waals surface area contributed by atoms with Gasteiger partial charge in [-0.15, -0.1) is 10.2 Å². The highest BCUT2D eigenvalue weighted by atomic mass is 32.2. The van der Waals surface area contributed by atoms with E-state index < -0.39 is 16.0 Å². The molecule has 0 aliphatic rings. The van der Waals surface area contributed by atoms with Crippen molar-refractivity contribution < 1.29 is 22.7 Å². The number of hydrogen-bond donors (Lipinski definition) is 3. The van der Waals surface area contributed by atoms with Crippen LogP contribution in [0.1, 0.15) is 37.4 Å². The van der Waals surface area contributed by atoms with Gasteiger partial charge in [-0.25, -0.2) is 13.1 Å². The second kappa shape index (κ2) is 12.0. The molecule has 1 aromatic heterocycles. The summed E-state index contributed by atoms with van der Waals surface area (Å²) in [5.41, 5.74) is 4.24. The molecular weight excluding hydrogens is 504 g/mol. The molecule has 0 amide bonds. The number of hydrogen-bond acceptors (Lipinski definition) is 7. The number of carbonyl (C=O) groups is 1. The van der Waals surface area contributed by atoms with Crippen molar-refractivity contribution in [1.29, 1.82) is 0 Å². The van der Waals surface area contributed by atoms with Crippen LogP contribution in [0.5, 0.6) is 0 Å². The normalized spacial score (nSPS) is 12.4. The van der Waals surface area contributed by atoms with Crippen molar-refractivity contribution in [3.05, 3.63) is 90.0 Å². The van der Waals surface area contributed by atoms with Gasteiger partial charge < -0.3 is 14.8 Å². The fourth-order valence-corrected chi connectivity index (χ4v) is 5.11. The average Bonchev–Trinajstić information content (AvgIpc) is 3.38. The van der Waals surface area contributed by atoms with Crippen molar-refractivity contribution in [3.8, 4) is 22.9 Å². The minimum absolute atomic E-state index is 0.00622. The number of nitrogens with zero attached hydrogens (tertiary/aromatic N) is 2. The highest BCUT2D eigenvalue weighted by Crippen LogP contribution is 2.29. The van der Waals surface area contributed by atoms with Gasteiger partial charge in [0.2, 0.25) is 21.8 Å². The molecule has 9 nitrogen and oxygen atoms in total. The van der Waals surface area contributed by atoms with Crippen LogP contribution in [0.3, 0.4) is 0 Å². The Morgan fingerprint density at radius 3 is 2.08 bits per heavy atom. The van der Waals surface area contributed by atoms with E-state index in [1.807, 2.05) is 66.7 Å². The summed E-state index contributed by atoms with van der Waals surface area (Å²) in [5, 5.41) is 20.6. The van der Waals surface area contributed by atoms with Gasteiger partial charge in [0.05, 0.1) is 18.2 Å². The molecule has 0 aliphatic carbocycles. The third-order valence-corrected chi connectivity index (χ3v) is 7.28. The summed E-state index contributed by atoms with van der Waals surface area (Å²) in [7, 11) is -3.62. The summed E-state index contributed by atoms with van der Waals surface area (Å²) in [5.74, 6) is -0.0960. The van der Waals surface area contributed by atoms with Crippen LogP contribution in [-0.4, -0.2) is 36.2 Å². The summed E-state index contributed by atoms with van der Waals surface area (Å²) >= 11 is 0. The molecule has 38 heavy (non-hydrogen) atoms. The van der Waals surface area contributed by atoms with Crippen molar-refractivity contribution in [2.45, 2.75) is 32.1 Å². The fourth-order valence-electron chi connectivity index (χ4n) is 3.97. The van der Waals surface area contributed by atoms with Gasteiger partial charge in [-0.3, -0.25) is 4.79 Å². The van der Waals surface area contributed by atoms with Crippen molar-refractivity contribution in [2.75, 3.05) is 11.9 Å². The largest absolute Gasteiger partial charge is 0.481 e. The third-order valence-electron chi connectivity index (χ3n) is 5.92. The number of nitrogens with one attached hydrogen (secondary N) is 2. The summed E-state index contributed by atoms with van der Waals surface area (Å²) in [6, 6.07) is 24.8. The topological polar surface area (TPSA) is 134 Å². The van der Waals surface area contributed by atoms with E-state index in [9.17, 15) is 13.2 Å². The molecule has 1 atom stereocenters. The van der Waals surface area contributed by atoms with Gasteiger partial charge in [-0.2, -0.15) is 0 Å². The van der Waals surface area contributed by atoms with Gasteiger partial charge in [0, 0.05) is 23.4 Å². The quantitative estimate of drug-likeness (QED) is 0.228. The molecule has 0 spiro atoms. The van der Waals surface area contributed by atoms with E-state index in [4.69, 9.17) is 9.52 Å². The minimum Gasteiger partial charge on any atom is -0.481 e. The maximum Gasteiger partial charge on any atom is 0.304 e. The Kier molecular flexibility index (Phi) is 8.55. The number of sulfonamides is 1. The molecule has 0 radical (unpaired) electrons. The SMILES string of the molecule is CC(C)[C@H](Nc1ccc(-c2nnc(-c3ccccc3)o2)cc1)c1ccc(CS(=O)(=O)NCCC(=O)O)cc1. The van der Waals surface area contributed by atoms with Crippen LogP contribution in [0.15, 0.2) is 83.3 Å². The molecule has 1 heterocycles. The van der Waals surface area contributed by atoms with Gasteiger partial charge in [0.15, 0.2) is 0 Å². The molecule has 0 saturated carbocycles. The lowest BCUT2D eigenvalue weighted by Crippen LogP contribution is -2.27. The average molecular weight is 535 g/mol. The number of aromatic nitrogens is 2. The Hall–Kier alpha value is -4.02. The molecule has 0 unspecified atom stereocenters. The molecule has 0 bridgehead atoms. The lowest BCUT2D eigenvalue weighted by Gasteiger charge is -2.24. The number of anilines is 1. The van der Waals surface area contributed by atoms with Gasteiger partial charge in [-0.05, 0) is 53.4 Å². The fraction of sp³-hybridized carbons (Fsp3) is 0.250. The number of rotatable bonds is 12. The van der Waals surface area contributed by atoms with E-state index in [1.165, 1.54) is 0 Å². The van der Waals surface area contributed by atoms with Crippen molar-refractivity contribution in [3.63, 3.8) is 0 Å². The molecule has 0 aliphatic heterocycles. The summed E-state index contributed by atoms with van der Waals surface area (Å²) in [6.07, 6.45) is -0.259. The van der Waals surface area contributed by atoms with Crippen LogP contribution in [0.25, 0.3) is 22.9 Å². The van der Waals surface area contributed by atoms with Crippen molar-refractivity contribution in [1.82, 2.24) is 14.9 Å². The highest BCUT2D eigenvalue weighted by molar-refractivity contribution is 7.88. The molecule has 4 rings (SSSR count). The number of carboxylic acid groups (broad SMARTS) is 1. The molecule has 4 aromatic rings. The second-order valence-electron chi connectivity index (χ2n) is 9.26. The molecule has 3 N–H and O–H groups in total. The number of benzene rings is 3. The molecule has 0 fully saturated rings. The summed E-state index contributed by atoms with van der Waals surface area (Å²) < 4.78 is 32.6. The van der Waals surface area contributed by atoms with Crippen LogP contribution < -0.4 is 10.0 Å². The van der Waals surface area contributed by atoms with E-state index in [0.29, 0.717) is 17.3 Å². The lowest BCUT2D eigenvalue weighted by atomic mass is 9.95. The first-order valence-electron chi connectivity index (χ1n) is 12.2. The lowest BCUT2D eigenvalue weighted by molar-refractivity contribution is -0.136. The minimum atomic E-state index is -3.62. The Morgan fingerprint density at radius 2 is 1.50 bits per heavy atom. The molecular formula is C28H30N4O5S. The first-order chi connectivity index (χ1) is 18.2. The van der Waals surface area contributed by atoms with Crippen LogP contribution >= 0.6 is 0 Å². The standard InChI is InChI=1S/C28H30N4O5S/c1-19(2)26(21-10-8-20(9-11-21)18-38(35,36)29-17-16-25(33)34)30-24-14-12-23(13-15-24)28-32-31-27(37-28)22-6-4-3-5-7-22/h3-15,19,26,29-30H,16-18H2,1-2H3,(H,33,34)/t26-/m0/s1. The molecule has 198 valence electrons. The predicted molar refractivity (Wildman–Crippen MR) is 146 cm³/mol. The monoisotopic (exact) mass is 534 g/mol. The molecule has 3 aromatic carbocycles. The van der Waals surface area contributed by atoms with Crippen molar-refractivity contribution >= 4 is 21.7 Å². The van der Waals surface area contributed by atoms with Gasteiger partial charge in [-0.1, -0.05) is 56.3 Å². The van der Waals surface area contributed by atoms with Crippen molar-refractivity contribution in [2.24, 2.45) is 5.92 Å². The Balaban J connectivity index is 1.41. The maximum atomic E-state index is 12.2. The Labute approximate surface area is 222 Å². The van der Waals surface area contributed by atoms with Crippen LogP contribution in [0, 0.1) is 5.92 Å². The Bertz CT molecular complexity index is 1450. The van der Waals surface area contributed by atoms with Crippen LogP contribution in [-0.2, 0) is 20.6 Å².